The van der Waals surface area contributed by atoms with E-state index >= 15 is 0 Å². The van der Waals surface area contributed by atoms with E-state index in [-0.39, 0.29) is 17.9 Å². The number of pyridine rings is 1. The highest BCUT2D eigenvalue weighted by atomic mass is 79.9. The van der Waals surface area contributed by atoms with Crippen molar-refractivity contribution in [3.63, 3.8) is 0 Å². The van der Waals surface area contributed by atoms with Gasteiger partial charge in [-0.2, -0.15) is 0 Å². The van der Waals surface area contributed by atoms with E-state index in [4.69, 9.17) is 0 Å². The Bertz CT molecular complexity index is 972. The largest absolute Gasteiger partial charge is 0.338 e. The molecule has 24 heavy (non-hydrogen) atoms. The van der Waals surface area contributed by atoms with E-state index in [0.29, 0.717) is 5.39 Å². The van der Waals surface area contributed by atoms with Crippen molar-refractivity contribution in [1.29, 1.82) is 0 Å². The molecule has 1 heterocycles. The molecule has 0 aliphatic rings. The highest BCUT2D eigenvalue weighted by Crippen LogP contribution is 2.20. The number of hydrogen-bond acceptors (Lipinski definition) is 2. The van der Waals surface area contributed by atoms with Gasteiger partial charge in [0.15, 0.2) is 5.43 Å². The van der Waals surface area contributed by atoms with Gasteiger partial charge in [0.25, 0.3) is 0 Å². The van der Waals surface area contributed by atoms with Gasteiger partial charge in [0, 0.05) is 27.8 Å². The molecular formula is C19H17BrN2O2. The van der Waals surface area contributed by atoms with Gasteiger partial charge in [0.05, 0.1) is 5.52 Å². The summed E-state index contributed by atoms with van der Waals surface area (Å²) in [7, 11) is 0. The second kappa shape index (κ2) is 6.61. The van der Waals surface area contributed by atoms with Crippen molar-refractivity contribution in [3.8, 4) is 0 Å². The van der Waals surface area contributed by atoms with Crippen LogP contribution in [-0.4, -0.2) is 10.5 Å². The first kappa shape index (κ1) is 16.5. The number of hydrogen-bond donors (Lipinski definition) is 1. The van der Waals surface area contributed by atoms with Gasteiger partial charge in [-0.25, -0.2) is 0 Å². The Morgan fingerprint density at radius 2 is 1.83 bits per heavy atom. The first-order valence-corrected chi connectivity index (χ1v) is 8.40. The Labute approximate surface area is 148 Å². The summed E-state index contributed by atoms with van der Waals surface area (Å²) in [5, 5.41) is 3.56. The van der Waals surface area contributed by atoms with E-state index in [9.17, 15) is 9.59 Å². The smallest absolute Gasteiger partial charge is 0.244 e. The lowest BCUT2D eigenvalue weighted by atomic mass is 10.1. The molecule has 1 aromatic heterocycles. The number of para-hydroxylation sites is 1. The van der Waals surface area contributed by atoms with Crippen molar-refractivity contribution in [2.75, 3.05) is 5.32 Å². The van der Waals surface area contributed by atoms with Gasteiger partial charge in [-0.15, -0.1) is 0 Å². The highest BCUT2D eigenvalue weighted by molar-refractivity contribution is 9.10. The van der Waals surface area contributed by atoms with Gasteiger partial charge >= 0.3 is 0 Å². The molecule has 1 N–H and O–H groups in total. The van der Waals surface area contributed by atoms with Crippen LogP contribution in [0.15, 0.2) is 57.9 Å². The maximum atomic E-state index is 12.5. The molecule has 122 valence electrons. The summed E-state index contributed by atoms with van der Waals surface area (Å²) in [5.41, 5.74) is 3.57. The molecular weight excluding hydrogens is 368 g/mol. The average Bonchev–Trinajstić information content (AvgIpc) is 2.54. The Morgan fingerprint density at radius 1 is 1.12 bits per heavy atom. The Balaban J connectivity index is 1.91. The van der Waals surface area contributed by atoms with E-state index < -0.39 is 0 Å². The lowest BCUT2D eigenvalue weighted by Gasteiger charge is -2.14. The summed E-state index contributed by atoms with van der Waals surface area (Å²) in [5.74, 6) is -0.125. The summed E-state index contributed by atoms with van der Waals surface area (Å²) in [6, 6.07) is 12.9. The molecule has 2 aromatic carbocycles. The van der Waals surface area contributed by atoms with Crippen LogP contribution in [0.1, 0.15) is 11.1 Å². The number of carbonyl (C=O) groups excluding carboxylic acids is 1. The molecule has 3 rings (SSSR count). The zero-order valence-electron chi connectivity index (χ0n) is 13.5. The van der Waals surface area contributed by atoms with Crippen molar-refractivity contribution >= 4 is 38.4 Å². The number of anilines is 1. The van der Waals surface area contributed by atoms with Crippen molar-refractivity contribution in [2.45, 2.75) is 20.4 Å². The molecule has 1 amide bonds. The predicted octanol–water partition coefficient (Wildman–Crippen LogP) is 4.02. The van der Waals surface area contributed by atoms with Crippen LogP contribution in [-0.2, 0) is 11.3 Å². The molecule has 0 radical (unpaired) electrons. The number of aryl methyl sites for hydroxylation is 2. The second-order valence-corrected chi connectivity index (χ2v) is 6.70. The van der Waals surface area contributed by atoms with Crippen molar-refractivity contribution in [1.82, 2.24) is 4.57 Å². The summed E-state index contributed by atoms with van der Waals surface area (Å²) in [4.78, 5) is 24.5. The van der Waals surface area contributed by atoms with Gasteiger partial charge in [-0.3, -0.25) is 9.59 Å². The number of benzene rings is 2. The molecule has 0 aliphatic carbocycles. The highest BCUT2D eigenvalue weighted by Gasteiger charge is 2.10. The third kappa shape index (κ3) is 3.26. The quantitative estimate of drug-likeness (QED) is 0.741. The van der Waals surface area contributed by atoms with Crippen LogP contribution < -0.4 is 10.7 Å². The number of fused-ring (bicyclic) bond motifs is 1. The van der Waals surface area contributed by atoms with Crippen molar-refractivity contribution < 1.29 is 4.79 Å². The van der Waals surface area contributed by atoms with E-state index in [0.717, 1.165) is 26.8 Å². The van der Waals surface area contributed by atoms with Gasteiger partial charge in [0.2, 0.25) is 5.91 Å². The number of carbonyl (C=O) groups is 1. The van der Waals surface area contributed by atoms with Crippen LogP contribution >= 0.6 is 15.9 Å². The predicted molar refractivity (Wildman–Crippen MR) is 100 cm³/mol. The van der Waals surface area contributed by atoms with Crippen LogP contribution in [0.4, 0.5) is 5.69 Å². The Hall–Kier alpha value is -2.40. The fourth-order valence-corrected chi connectivity index (χ4v) is 3.13. The normalized spacial score (nSPS) is 10.8. The minimum absolute atomic E-state index is 0.0577. The Morgan fingerprint density at radius 3 is 2.54 bits per heavy atom. The molecule has 0 unspecified atom stereocenters. The van der Waals surface area contributed by atoms with Crippen molar-refractivity contribution in [3.05, 3.63) is 74.5 Å². The van der Waals surface area contributed by atoms with Crippen LogP contribution in [0.3, 0.4) is 0 Å². The van der Waals surface area contributed by atoms with Crippen molar-refractivity contribution in [2.24, 2.45) is 0 Å². The van der Waals surface area contributed by atoms with Crippen LogP contribution in [0, 0.1) is 13.8 Å². The summed E-state index contributed by atoms with van der Waals surface area (Å²) in [6.45, 7) is 4.08. The Kier molecular flexibility index (Phi) is 4.53. The number of halogens is 1. The monoisotopic (exact) mass is 384 g/mol. The molecule has 4 nitrogen and oxygen atoms in total. The first-order chi connectivity index (χ1) is 11.5. The number of nitrogens with zero attached hydrogens (tertiary/aromatic N) is 1. The van der Waals surface area contributed by atoms with Crippen LogP contribution in [0.2, 0.25) is 0 Å². The molecule has 0 saturated carbocycles. The maximum Gasteiger partial charge on any atom is 0.244 e. The SMILES string of the molecule is Cc1cccc(C)c1NC(=O)Cn1ccc(=O)c2cc(Br)ccc21. The van der Waals surface area contributed by atoms with Gasteiger partial charge in [-0.05, 0) is 43.2 Å². The molecule has 3 aromatic rings. The third-order valence-corrected chi connectivity index (χ3v) is 4.49. The number of rotatable bonds is 3. The molecule has 0 saturated heterocycles. The standard InChI is InChI=1S/C19H17BrN2O2/c1-12-4-3-5-13(2)19(12)21-18(24)11-22-9-8-17(23)15-10-14(20)6-7-16(15)22/h3-10H,11H2,1-2H3,(H,21,24). The number of nitrogens with one attached hydrogen (secondary N) is 1. The summed E-state index contributed by atoms with van der Waals surface area (Å²) < 4.78 is 2.62. The summed E-state index contributed by atoms with van der Waals surface area (Å²) >= 11 is 3.37. The minimum atomic E-state index is -0.125. The number of aromatic nitrogens is 1. The fraction of sp³-hybridized carbons (Fsp3) is 0.158. The zero-order chi connectivity index (χ0) is 17.3. The fourth-order valence-electron chi connectivity index (χ4n) is 2.77. The summed E-state index contributed by atoms with van der Waals surface area (Å²) in [6.07, 6.45) is 1.66. The topological polar surface area (TPSA) is 51.1 Å². The average molecular weight is 385 g/mol. The van der Waals surface area contributed by atoms with E-state index in [1.165, 1.54) is 6.07 Å². The molecule has 0 aliphatic heterocycles. The van der Waals surface area contributed by atoms with Gasteiger partial charge in [0.1, 0.15) is 6.54 Å². The molecule has 0 atom stereocenters. The van der Waals surface area contributed by atoms with Gasteiger partial charge < -0.3 is 9.88 Å². The van der Waals surface area contributed by atoms with Crippen LogP contribution in [0.25, 0.3) is 10.9 Å². The minimum Gasteiger partial charge on any atom is -0.338 e. The molecule has 5 heteroatoms. The first-order valence-electron chi connectivity index (χ1n) is 7.60. The lowest BCUT2D eigenvalue weighted by Crippen LogP contribution is -2.21. The molecule has 0 fully saturated rings. The zero-order valence-corrected chi connectivity index (χ0v) is 15.1. The van der Waals surface area contributed by atoms with Gasteiger partial charge in [-0.1, -0.05) is 34.1 Å². The number of amides is 1. The van der Waals surface area contributed by atoms with E-state index in [1.54, 1.807) is 16.8 Å². The van der Waals surface area contributed by atoms with E-state index in [2.05, 4.69) is 21.2 Å². The lowest BCUT2D eigenvalue weighted by molar-refractivity contribution is -0.116. The van der Waals surface area contributed by atoms with Crippen LogP contribution in [0.5, 0.6) is 0 Å². The van der Waals surface area contributed by atoms with E-state index in [1.807, 2.05) is 44.2 Å². The molecule has 0 bridgehead atoms. The molecule has 0 spiro atoms. The third-order valence-electron chi connectivity index (χ3n) is 4.00. The maximum absolute atomic E-state index is 12.5. The second-order valence-electron chi connectivity index (χ2n) is 5.78.